The first-order chi connectivity index (χ1) is 38.2. The number of nitrogens with two attached hydrogens (primary N) is 1. The van der Waals surface area contributed by atoms with Crippen molar-refractivity contribution in [3.05, 3.63) is 29.8 Å². The monoisotopic (exact) mass is 1150 g/mol. The Balaban J connectivity index is 0.00000364. The van der Waals surface area contributed by atoms with Gasteiger partial charge in [-0.15, -0.1) is 5.10 Å². The van der Waals surface area contributed by atoms with Crippen LogP contribution in [-0.2, 0) is 62.5 Å². The van der Waals surface area contributed by atoms with Crippen LogP contribution >= 0.6 is 0 Å². The molecule has 80 heavy (non-hydrogen) atoms. The minimum Gasteiger partial charge on any atom is -0.481 e. The van der Waals surface area contributed by atoms with Crippen molar-refractivity contribution in [1.29, 1.82) is 0 Å². The van der Waals surface area contributed by atoms with Gasteiger partial charge in [-0.3, -0.25) is 33.6 Å². The summed E-state index contributed by atoms with van der Waals surface area (Å²) in [5.41, 5.74) is 8.59. The number of unbranched alkanes of at least 4 members (excludes halogenated alkanes) is 13. The minimum absolute atomic E-state index is 0.0208. The molecule has 3 atom stereocenters. The van der Waals surface area contributed by atoms with Gasteiger partial charge in [0.15, 0.2) is 9.84 Å². The number of ketones is 3. The molecule has 8 N–H and O–H groups in total. The second kappa shape index (κ2) is 44.7. The summed E-state index contributed by atoms with van der Waals surface area (Å²) < 4.78 is 35.7. The number of nitrogens with one attached hydrogen (secondary N) is 3. The van der Waals surface area contributed by atoms with E-state index in [1.54, 1.807) is 0 Å². The fourth-order valence-electron chi connectivity index (χ4n) is 8.35. The van der Waals surface area contributed by atoms with Gasteiger partial charge in [0.25, 0.3) is 0 Å². The van der Waals surface area contributed by atoms with Crippen LogP contribution in [0.3, 0.4) is 0 Å². The second-order valence-electron chi connectivity index (χ2n) is 20.4. The van der Waals surface area contributed by atoms with E-state index in [-0.39, 0.29) is 88.7 Å². The number of aliphatic carboxylic acids is 3. The second-order valence-corrected chi connectivity index (χ2v) is 22.5. The van der Waals surface area contributed by atoms with Crippen LogP contribution in [0.4, 0.5) is 5.69 Å². The third-order valence-electron chi connectivity index (χ3n) is 13.0. The smallest absolute Gasteiger partial charge is 0.326 e. The average Bonchev–Trinajstić information content (AvgIpc) is 3.92. The van der Waals surface area contributed by atoms with Crippen molar-refractivity contribution in [1.82, 2.24) is 16.0 Å². The van der Waals surface area contributed by atoms with Gasteiger partial charge in [-0.25, -0.2) is 18.0 Å². The molecule has 0 saturated carbocycles. The topological polar surface area (TPSA) is 366 Å². The van der Waals surface area contributed by atoms with Crippen molar-refractivity contribution < 1.29 is 76.4 Å². The Kier molecular flexibility index (Phi) is 40.2. The Labute approximate surface area is 472 Å². The molecule has 1 aliphatic heterocycles. The summed E-state index contributed by atoms with van der Waals surface area (Å²) >= 11 is 0. The van der Waals surface area contributed by atoms with E-state index in [0.717, 1.165) is 49.9 Å². The lowest BCUT2D eigenvalue weighted by Gasteiger charge is -2.16. The van der Waals surface area contributed by atoms with Gasteiger partial charge < -0.3 is 46.5 Å². The van der Waals surface area contributed by atoms with Gasteiger partial charge in [-0.1, -0.05) is 88.3 Å². The molecule has 3 amide bonds. The Morgan fingerprint density at radius 3 is 1.74 bits per heavy atom. The molecule has 1 aromatic carbocycles. The number of hydrogen-bond acceptors (Lipinski definition) is 17. The average molecular weight is 1150 g/mol. The zero-order valence-corrected chi connectivity index (χ0v) is 48.1. The van der Waals surface area contributed by atoms with E-state index in [4.69, 9.17) is 15.2 Å². The SMILES string of the molecule is CC(=O)NCCCC[C@H](NC(=O)COCCOCCCC(=O)CC[C@H](NC(=O)CC[C@H](CC(=O)CCCS(=O)(=O)CC(=O)CCCCCCCCCCCCCCCC1=NN=NC1)C(=O)O)C(=O)O)C(=O)O.Cc1ccc(N)cc1. The van der Waals surface area contributed by atoms with Crippen LogP contribution in [-0.4, -0.2) is 146 Å². The van der Waals surface area contributed by atoms with Crippen LogP contribution in [0.25, 0.3) is 0 Å². The summed E-state index contributed by atoms with van der Waals surface area (Å²) in [6.45, 7) is 4.34. The number of Topliss-reactive ketones (excluding diaryl/α,β-unsaturated/α-hetero) is 3. The van der Waals surface area contributed by atoms with Crippen molar-refractivity contribution >= 4 is 74.2 Å². The van der Waals surface area contributed by atoms with Crippen molar-refractivity contribution in [3.63, 3.8) is 0 Å². The number of nitrogens with zero attached hydrogens (tertiary/aromatic N) is 3. The van der Waals surface area contributed by atoms with Crippen LogP contribution < -0.4 is 21.7 Å². The highest BCUT2D eigenvalue weighted by molar-refractivity contribution is 7.92. The van der Waals surface area contributed by atoms with Crippen molar-refractivity contribution in [2.45, 2.75) is 199 Å². The van der Waals surface area contributed by atoms with Crippen LogP contribution in [0.2, 0.25) is 0 Å². The Hall–Kier alpha value is -6.01. The van der Waals surface area contributed by atoms with Crippen molar-refractivity contribution in [2.24, 2.45) is 21.4 Å². The number of nitrogen functional groups attached to an aromatic ring is 1. The molecular formula is C56H91N7O16S. The Morgan fingerprint density at radius 1 is 0.600 bits per heavy atom. The number of anilines is 1. The molecule has 2 rings (SSSR count). The zero-order valence-electron chi connectivity index (χ0n) is 47.3. The summed E-state index contributed by atoms with van der Waals surface area (Å²) in [6.07, 6.45) is 15.3. The summed E-state index contributed by atoms with van der Waals surface area (Å²) in [5, 5.41) is 47.4. The van der Waals surface area contributed by atoms with Gasteiger partial charge in [0.1, 0.15) is 48.3 Å². The lowest BCUT2D eigenvalue weighted by Crippen LogP contribution is -2.42. The number of sulfone groups is 1. The maximum absolute atomic E-state index is 12.6. The molecule has 0 aromatic heterocycles. The summed E-state index contributed by atoms with van der Waals surface area (Å²) in [5.74, 6) is -8.98. The van der Waals surface area contributed by atoms with Crippen LogP contribution in [0, 0.1) is 12.8 Å². The molecule has 0 aliphatic carbocycles. The van der Waals surface area contributed by atoms with Crippen molar-refractivity contribution in [3.8, 4) is 0 Å². The van der Waals surface area contributed by atoms with Gasteiger partial charge in [0, 0.05) is 64.3 Å². The lowest BCUT2D eigenvalue weighted by molar-refractivity contribution is -0.145. The van der Waals surface area contributed by atoms with E-state index in [1.165, 1.54) is 57.4 Å². The van der Waals surface area contributed by atoms with Crippen LogP contribution in [0.1, 0.15) is 186 Å². The van der Waals surface area contributed by atoms with E-state index in [0.29, 0.717) is 38.8 Å². The van der Waals surface area contributed by atoms with E-state index >= 15 is 0 Å². The maximum atomic E-state index is 12.6. The Bertz CT molecular complexity index is 2190. The Morgan fingerprint density at radius 2 is 1.16 bits per heavy atom. The number of carboxylic acid groups (broad SMARTS) is 3. The summed E-state index contributed by atoms with van der Waals surface area (Å²) in [4.78, 5) is 108. The number of benzene rings is 1. The van der Waals surface area contributed by atoms with Gasteiger partial charge >= 0.3 is 17.9 Å². The molecule has 452 valence electrons. The fourth-order valence-corrected chi connectivity index (χ4v) is 9.71. The minimum atomic E-state index is -3.76. The normalized spacial score (nSPS) is 13.0. The van der Waals surface area contributed by atoms with Gasteiger partial charge in [-0.05, 0) is 88.5 Å². The third-order valence-corrected chi connectivity index (χ3v) is 14.6. The predicted molar refractivity (Wildman–Crippen MR) is 302 cm³/mol. The van der Waals surface area contributed by atoms with Gasteiger partial charge in [-0.2, -0.15) is 5.11 Å². The predicted octanol–water partition coefficient (Wildman–Crippen LogP) is 7.05. The molecular weight excluding hydrogens is 1060 g/mol. The van der Waals surface area contributed by atoms with E-state index < -0.39 is 94.3 Å². The number of ether oxygens (including phenoxy) is 2. The molecule has 1 heterocycles. The number of carbonyl (C=O) groups excluding carboxylic acids is 6. The van der Waals surface area contributed by atoms with E-state index in [9.17, 15) is 66.9 Å². The molecule has 0 fully saturated rings. The highest BCUT2D eigenvalue weighted by Crippen LogP contribution is 2.17. The van der Waals surface area contributed by atoms with E-state index in [2.05, 4.69) is 31.4 Å². The molecule has 0 radical (unpaired) electrons. The third kappa shape index (κ3) is 41.1. The number of aryl methyl sites for hydroxylation is 1. The maximum Gasteiger partial charge on any atom is 0.326 e. The number of rotatable bonds is 49. The van der Waals surface area contributed by atoms with Gasteiger partial charge in [0.05, 0.1) is 30.6 Å². The summed E-state index contributed by atoms with van der Waals surface area (Å²) in [7, 11) is -3.76. The number of hydrogen-bond donors (Lipinski definition) is 7. The molecule has 0 spiro atoms. The first-order valence-corrected chi connectivity index (χ1v) is 30.2. The molecule has 0 saturated heterocycles. The standard InChI is InChI=1S/C49H82N6O16S.C7H9N/c1-37(56)50-28-16-15-23-43(48(64)65)53-46(61)35-71-31-30-70-29-17-21-40(57)25-26-44(49(66)67)52-45(60)27-24-38(47(62)63)33-41(58)22-18-32-72(68,69)36-42(59)20-14-12-10-8-6-4-2-3-5-7-9-11-13-19-39-34-51-55-54-39;1-6-2-4-7(8)5-3-6/h38,43-44H,2-36H2,1H3,(H,50,56)(H,52,60)(H,53,61)(H,62,63)(H,64,65)(H,66,67);2-5H,8H2,1H3/t38-,43+,44+;/m1./s1. The number of amides is 3. The first kappa shape index (κ1) is 72.0. The highest BCUT2D eigenvalue weighted by atomic mass is 32.2. The quantitative estimate of drug-likeness (QED) is 0.0254. The van der Waals surface area contributed by atoms with Crippen molar-refractivity contribution in [2.75, 3.05) is 56.8 Å². The van der Waals surface area contributed by atoms with Crippen LogP contribution in [0.5, 0.6) is 0 Å². The van der Waals surface area contributed by atoms with E-state index in [1.807, 2.05) is 31.2 Å². The highest BCUT2D eigenvalue weighted by Gasteiger charge is 2.26. The molecule has 1 aliphatic rings. The molecule has 24 heteroatoms. The number of carbonyl (C=O) groups is 9. The number of carboxylic acids is 3. The molecule has 0 unspecified atom stereocenters. The van der Waals surface area contributed by atoms with Crippen LogP contribution in [0.15, 0.2) is 39.7 Å². The van der Waals surface area contributed by atoms with Gasteiger partial charge in [0.2, 0.25) is 17.7 Å². The molecule has 23 nitrogen and oxygen atoms in total. The fraction of sp³-hybridized carbons (Fsp3) is 0.714. The largest absolute Gasteiger partial charge is 0.481 e. The molecule has 0 bridgehead atoms. The first-order valence-electron chi connectivity index (χ1n) is 28.3. The summed E-state index contributed by atoms with van der Waals surface area (Å²) in [6, 6.07) is 5.26. The lowest BCUT2D eigenvalue weighted by atomic mass is 9.95. The molecule has 1 aromatic rings. The zero-order chi connectivity index (χ0) is 59.4.